The van der Waals surface area contributed by atoms with Crippen LogP contribution in [0.4, 0.5) is 0 Å². The Labute approximate surface area is 110 Å². The number of methoxy groups -OCH3 is 1. The van der Waals surface area contributed by atoms with E-state index in [0.29, 0.717) is 18.4 Å². The summed E-state index contributed by atoms with van der Waals surface area (Å²) in [5, 5.41) is 12.5. The molecule has 1 rings (SSSR count). The summed E-state index contributed by atoms with van der Waals surface area (Å²) < 4.78 is 5.18. The van der Waals surface area contributed by atoms with Gasteiger partial charge >= 0.3 is 5.97 Å². The molecular formula is C14H27NO3. The minimum Gasteiger partial charge on any atom is -0.481 e. The molecular weight excluding hydrogens is 230 g/mol. The average molecular weight is 257 g/mol. The lowest BCUT2D eigenvalue weighted by molar-refractivity contribution is -0.147. The van der Waals surface area contributed by atoms with Gasteiger partial charge in [-0.05, 0) is 58.4 Å². The van der Waals surface area contributed by atoms with E-state index in [9.17, 15) is 4.79 Å². The van der Waals surface area contributed by atoms with Crippen LogP contribution in [0, 0.1) is 11.3 Å². The number of nitrogens with one attached hydrogen (secondary N) is 1. The Bertz CT molecular complexity index is 258. The summed E-state index contributed by atoms with van der Waals surface area (Å²) in [5.74, 6) is -0.00314. The third-order valence-electron chi connectivity index (χ3n) is 4.01. The number of hydrogen-bond donors (Lipinski definition) is 2. The summed E-state index contributed by atoms with van der Waals surface area (Å²) in [5.41, 5.74) is -0.625. The molecule has 4 nitrogen and oxygen atoms in total. The van der Waals surface area contributed by atoms with Crippen molar-refractivity contribution in [3.8, 4) is 0 Å². The number of ether oxygens (including phenoxy) is 1. The van der Waals surface area contributed by atoms with E-state index in [2.05, 4.69) is 5.32 Å². The SMILES string of the molecule is COCC1CCC(NCCC(C)(C)C(=O)O)CC1. The molecule has 0 saturated heterocycles. The van der Waals surface area contributed by atoms with Crippen molar-refractivity contribution in [2.24, 2.45) is 11.3 Å². The standard InChI is InChI=1S/C14H27NO3/c1-14(2,13(16)17)8-9-15-12-6-4-11(5-7-12)10-18-3/h11-12,15H,4-10H2,1-3H3,(H,16,17). The van der Waals surface area contributed by atoms with Gasteiger partial charge in [-0.15, -0.1) is 0 Å². The van der Waals surface area contributed by atoms with Gasteiger partial charge < -0.3 is 15.2 Å². The van der Waals surface area contributed by atoms with Crippen molar-refractivity contribution in [1.29, 1.82) is 0 Å². The number of hydrogen-bond acceptors (Lipinski definition) is 3. The molecule has 18 heavy (non-hydrogen) atoms. The number of carboxylic acids is 1. The maximum Gasteiger partial charge on any atom is 0.309 e. The molecule has 0 radical (unpaired) electrons. The highest BCUT2D eigenvalue weighted by Gasteiger charge is 2.27. The van der Waals surface area contributed by atoms with Crippen LogP contribution in [0.25, 0.3) is 0 Å². The average Bonchev–Trinajstić information content (AvgIpc) is 2.31. The van der Waals surface area contributed by atoms with Gasteiger partial charge in [0.1, 0.15) is 0 Å². The Morgan fingerprint density at radius 1 is 1.33 bits per heavy atom. The molecule has 0 unspecified atom stereocenters. The Hall–Kier alpha value is -0.610. The molecule has 0 spiro atoms. The first-order valence-electron chi connectivity index (χ1n) is 6.91. The maximum absolute atomic E-state index is 11.0. The van der Waals surface area contributed by atoms with Crippen LogP contribution in [0.5, 0.6) is 0 Å². The van der Waals surface area contributed by atoms with E-state index in [1.807, 2.05) is 0 Å². The van der Waals surface area contributed by atoms with E-state index in [0.717, 1.165) is 13.2 Å². The normalized spacial score (nSPS) is 25.1. The van der Waals surface area contributed by atoms with Crippen molar-refractivity contribution in [2.75, 3.05) is 20.3 Å². The van der Waals surface area contributed by atoms with Crippen LogP contribution >= 0.6 is 0 Å². The fourth-order valence-electron chi connectivity index (χ4n) is 2.46. The maximum atomic E-state index is 11.0. The van der Waals surface area contributed by atoms with E-state index in [1.54, 1.807) is 21.0 Å². The van der Waals surface area contributed by atoms with Crippen LogP contribution in [-0.2, 0) is 9.53 Å². The quantitative estimate of drug-likeness (QED) is 0.734. The van der Waals surface area contributed by atoms with E-state index < -0.39 is 11.4 Å². The van der Waals surface area contributed by atoms with E-state index in [-0.39, 0.29) is 0 Å². The zero-order valence-corrected chi connectivity index (χ0v) is 11.9. The Balaban J connectivity index is 2.16. The summed E-state index contributed by atoms with van der Waals surface area (Å²) in [6.45, 7) is 5.23. The first-order valence-corrected chi connectivity index (χ1v) is 6.91. The topological polar surface area (TPSA) is 58.6 Å². The second-order valence-electron chi connectivity index (χ2n) is 6.07. The van der Waals surface area contributed by atoms with Gasteiger partial charge in [0, 0.05) is 19.8 Å². The van der Waals surface area contributed by atoms with Crippen LogP contribution in [0.3, 0.4) is 0 Å². The summed E-state index contributed by atoms with van der Waals surface area (Å²) in [6, 6.07) is 0.558. The molecule has 2 N–H and O–H groups in total. The van der Waals surface area contributed by atoms with Crippen LogP contribution in [0.1, 0.15) is 46.0 Å². The highest BCUT2D eigenvalue weighted by molar-refractivity contribution is 5.73. The van der Waals surface area contributed by atoms with Crippen molar-refractivity contribution < 1.29 is 14.6 Å². The van der Waals surface area contributed by atoms with E-state index in [1.165, 1.54) is 25.7 Å². The Morgan fingerprint density at radius 2 is 1.94 bits per heavy atom. The van der Waals surface area contributed by atoms with Gasteiger partial charge in [0.2, 0.25) is 0 Å². The molecule has 0 aliphatic heterocycles. The molecule has 1 saturated carbocycles. The lowest BCUT2D eigenvalue weighted by atomic mass is 9.85. The van der Waals surface area contributed by atoms with Crippen LogP contribution < -0.4 is 5.32 Å². The van der Waals surface area contributed by atoms with Crippen LogP contribution in [0.15, 0.2) is 0 Å². The van der Waals surface area contributed by atoms with Crippen molar-refractivity contribution >= 4 is 5.97 Å². The van der Waals surface area contributed by atoms with Gasteiger partial charge in [-0.2, -0.15) is 0 Å². The minimum absolute atomic E-state index is 0.558. The van der Waals surface area contributed by atoms with Gasteiger partial charge in [-0.3, -0.25) is 4.79 Å². The molecule has 1 aliphatic carbocycles. The number of carboxylic acid groups (broad SMARTS) is 1. The number of rotatable bonds is 7. The molecule has 106 valence electrons. The van der Waals surface area contributed by atoms with Crippen molar-refractivity contribution in [3.05, 3.63) is 0 Å². The zero-order chi connectivity index (χ0) is 13.6. The van der Waals surface area contributed by atoms with E-state index >= 15 is 0 Å². The molecule has 1 fully saturated rings. The highest BCUT2D eigenvalue weighted by atomic mass is 16.5. The predicted molar refractivity (Wildman–Crippen MR) is 71.7 cm³/mol. The second-order valence-corrected chi connectivity index (χ2v) is 6.07. The molecule has 0 heterocycles. The number of carbonyl (C=O) groups is 1. The van der Waals surface area contributed by atoms with Gasteiger partial charge in [0.25, 0.3) is 0 Å². The molecule has 0 aromatic carbocycles. The van der Waals surface area contributed by atoms with Gasteiger partial charge in [-0.25, -0.2) is 0 Å². The third kappa shape index (κ3) is 4.94. The van der Waals surface area contributed by atoms with Crippen LogP contribution in [-0.4, -0.2) is 37.4 Å². The summed E-state index contributed by atoms with van der Waals surface area (Å²) in [6.07, 6.45) is 5.48. The van der Waals surface area contributed by atoms with Crippen LogP contribution in [0.2, 0.25) is 0 Å². The molecule has 0 aromatic heterocycles. The fraction of sp³-hybridized carbons (Fsp3) is 0.929. The monoisotopic (exact) mass is 257 g/mol. The Morgan fingerprint density at radius 3 is 2.44 bits per heavy atom. The van der Waals surface area contributed by atoms with Gasteiger partial charge in [0.15, 0.2) is 0 Å². The summed E-state index contributed by atoms with van der Waals surface area (Å²) in [7, 11) is 1.76. The Kier molecular flexibility index (Phi) is 6.09. The lowest BCUT2D eigenvalue weighted by Crippen LogP contribution is -2.37. The molecule has 4 heteroatoms. The molecule has 0 amide bonds. The fourth-order valence-corrected chi connectivity index (χ4v) is 2.46. The molecule has 0 bridgehead atoms. The molecule has 0 aromatic rings. The lowest BCUT2D eigenvalue weighted by Gasteiger charge is -2.29. The first-order chi connectivity index (χ1) is 8.45. The van der Waals surface area contributed by atoms with Gasteiger partial charge in [-0.1, -0.05) is 0 Å². The van der Waals surface area contributed by atoms with Gasteiger partial charge in [0.05, 0.1) is 5.41 Å². The second kappa shape index (κ2) is 7.10. The van der Waals surface area contributed by atoms with Crippen molar-refractivity contribution in [2.45, 2.75) is 52.0 Å². The molecule has 1 aliphatic rings. The van der Waals surface area contributed by atoms with Crippen molar-refractivity contribution in [3.63, 3.8) is 0 Å². The smallest absolute Gasteiger partial charge is 0.309 e. The molecule has 0 atom stereocenters. The first kappa shape index (κ1) is 15.4. The largest absolute Gasteiger partial charge is 0.481 e. The number of aliphatic carboxylic acids is 1. The minimum atomic E-state index is -0.715. The highest BCUT2D eigenvalue weighted by Crippen LogP contribution is 2.25. The van der Waals surface area contributed by atoms with Crippen molar-refractivity contribution in [1.82, 2.24) is 5.32 Å². The van der Waals surface area contributed by atoms with E-state index in [4.69, 9.17) is 9.84 Å². The summed E-state index contributed by atoms with van der Waals surface area (Å²) in [4.78, 5) is 11.0. The predicted octanol–water partition coefficient (Wildman–Crippen LogP) is 2.28. The third-order valence-corrected chi connectivity index (χ3v) is 4.01. The zero-order valence-electron chi connectivity index (χ0n) is 11.9. The summed E-state index contributed by atoms with van der Waals surface area (Å²) >= 11 is 0.